The fourth-order valence-electron chi connectivity index (χ4n) is 9.39. The van der Waals surface area contributed by atoms with Gasteiger partial charge in [0.1, 0.15) is 17.4 Å². The van der Waals surface area contributed by atoms with Gasteiger partial charge >= 0.3 is 5.97 Å². The van der Waals surface area contributed by atoms with E-state index >= 15 is 0 Å². The second-order valence-corrected chi connectivity index (χ2v) is 16.9. The molecule has 1 unspecified atom stereocenters. The number of fused-ring (bicyclic) bond motifs is 2. The van der Waals surface area contributed by atoms with Crippen LogP contribution in [0.4, 0.5) is 0 Å². The van der Waals surface area contributed by atoms with Gasteiger partial charge in [-0.05, 0) is 142 Å². The Balaban J connectivity index is 0.767. The third-order valence-corrected chi connectivity index (χ3v) is 13.5. The number of nitrogens with zero attached hydrogens (tertiary/aromatic N) is 4. The maximum absolute atomic E-state index is 13.4. The zero-order valence-corrected chi connectivity index (χ0v) is 31.1. The number of aromatic hydroxyl groups is 1. The van der Waals surface area contributed by atoms with Gasteiger partial charge in [0.2, 0.25) is 0 Å². The Morgan fingerprint density at radius 1 is 1.06 bits per heavy atom. The van der Waals surface area contributed by atoms with Crippen molar-refractivity contribution in [3.8, 4) is 5.75 Å². The van der Waals surface area contributed by atoms with Crippen LogP contribution in [0.2, 0.25) is 0 Å². The third kappa shape index (κ3) is 7.33. The van der Waals surface area contributed by atoms with E-state index in [2.05, 4.69) is 33.4 Å². The normalized spacial score (nSPS) is 20.8. The number of rotatable bonds is 13. The molecule has 3 fully saturated rings. The summed E-state index contributed by atoms with van der Waals surface area (Å²) >= 11 is 1.45. The average Bonchev–Trinajstić information content (AvgIpc) is 3.96. The van der Waals surface area contributed by atoms with Crippen LogP contribution in [0.5, 0.6) is 5.75 Å². The molecule has 1 aliphatic heterocycles. The van der Waals surface area contributed by atoms with E-state index in [0.717, 1.165) is 125 Å². The minimum absolute atomic E-state index is 0.0482. The van der Waals surface area contributed by atoms with Crippen molar-refractivity contribution >= 4 is 40.2 Å². The summed E-state index contributed by atoms with van der Waals surface area (Å²) in [5.41, 5.74) is 3.88. The molecule has 0 bridgehead atoms. The lowest BCUT2D eigenvalue weighted by Gasteiger charge is -2.52. The monoisotopic (exact) mass is 738 g/mol. The van der Waals surface area contributed by atoms with Gasteiger partial charge in [0.05, 0.1) is 11.6 Å². The average molecular weight is 739 g/mol. The van der Waals surface area contributed by atoms with Crippen LogP contribution in [0.1, 0.15) is 104 Å². The van der Waals surface area contributed by atoms with Gasteiger partial charge in [0.25, 0.3) is 0 Å². The number of likely N-dealkylation sites (tertiary alicyclic amines) is 1. The summed E-state index contributed by atoms with van der Waals surface area (Å²) in [6.07, 6.45) is 13.6. The number of ketones is 1. The fourth-order valence-corrected chi connectivity index (χ4v) is 10.3. The van der Waals surface area contributed by atoms with Gasteiger partial charge in [0, 0.05) is 29.3 Å². The van der Waals surface area contributed by atoms with Crippen LogP contribution >= 0.6 is 11.3 Å². The second kappa shape index (κ2) is 15.1. The van der Waals surface area contributed by atoms with E-state index in [1.807, 2.05) is 22.2 Å². The molecule has 4 aromatic rings. The molecule has 3 N–H and O–H groups in total. The van der Waals surface area contributed by atoms with E-state index < -0.39 is 17.7 Å². The van der Waals surface area contributed by atoms with Crippen LogP contribution in [0.3, 0.4) is 0 Å². The van der Waals surface area contributed by atoms with Crippen LogP contribution in [0, 0.1) is 11.3 Å². The van der Waals surface area contributed by atoms with Crippen LogP contribution in [-0.2, 0) is 39.3 Å². The summed E-state index contributed by atoms with van der Waals surface area (Å²) in [6.45, 7) is 3.89. The lowest BCUT2D eigenvalue weighted by atomic mass is 9.61. The predicted octanol–water partition coefficient (Wildman–Crippen LogP) is 6.65. The van der Waals surface area contributed by atoms with Crippen molar-refractivity contribution in [1.29, 1.82) is 0 Å². The number of aliphatic hydroxyl groups excluding tert-OH is 1. The lowest BCUT2D eigenvalue weighted by Crippen LogP contribution is -2.52. The Bertz CT molecular complexity index is 1970. The molecule has 8 rings (SSSR count). The number of aryl methyl sites for hydroxylation is 2. The number of allylic oxidation sites excluding steroid dienone is 1. The zero-order chi connectivity index (χ0) is 36.6. The number of piperidine rings is 1. The Kier molecular flexibility index (Phi) is 10.3. The number of hydrogen-bond acceptors (Lipinski definition) is 10. The summed E-state index contributed by atoms with van der Waals surface area (Å²) in [4.78, 5) is 28.5. The molecule has 1 saturated heterocycles. The topological polar surface area (TPSA) is 138 Å². The molecule has 280 valence electrons. The Morgan fingerprint density at radius 3 is 2.64 bits per heavy atom. The van der Waals surface area contributed by atoms with Crippen molar-refractivity contribution in [3.63, 3.8) is 0 Å². The third-order valence-electron chi connectivity index (χ3n) is 12.5. The molecule has 11 heteroatoms. The van der Waals surface area contributed by atoms with Gasteiger partial charge < -0.3 is 25.0 Å². The first-order valence-electron chi connectivity index (χ1n) is 19.5. The Hall–Kier alpha value is -3.90. The first-order chi connectivity index (χ1) is 25.7. The number of aromatic nitrogens is 3. The molecule has 3 heterocycles. The fraction of sp³-hybridized carbons (Fsp3) is 0.524. The highest BCUT2D eigenvalue weighted by Crippen LogP contribution is 2.52. The van der Waals surface area contributed by atoms with Crippen LogP contribution in [-0.4, -0.2) is 72.7 Å². The van der Waals surface area contributed by atoms with E-state index in [1.54, 1.807) is 18.2 Å². The predicted molar refractivity (Wildman–Crippen MR) is 203 cm³/mol. The van der Waals surface area contributed by atoms with Crippen LogP contribution in [0.25, 0.3) is 17.1 Å². The van der Waals surface area contributed by atoms with Crippen LogP contribution < -0.4 is 0 Å². The van der Waals surface area contributed by atoms with Gasteiger partial charge in [-0.25, -0.2) is 9.48 Å². The number of phenols is 1. The second-order valence-electron chi connectivity index (χ2n) is 15.9. The van der Waals surface area contributed by atoms with Gasteiger partial charge in [-0.1, -0.05) is 42.3 Å². The van der Waals surface area contributed by atoms with E-state index in [-0.39, 0.29) is 35.4 Å². The smallest absolute Gasteiger partial charge is 0.344 e. The molecule has 0 radical (unpaired) electrons. The minimum atomic E-state index is -1.52. The molecule has 4 aliphatic rings. The van der Waals surface area contributed by atoms with Crippen molar-refractivity contribution in [2.75, 3.05) is 19.6 Å². The number of benzene rings is 2. The molecule has 2 saturated carbocycles. The summed E-state index contributed by atoms with van der Waals surface area (Å²) in [6, 6.07) is 13.4. The van der Waals surface area contributed by atoms with E-state index in [9.17, 15) is 24.9 Å². The van der Waals surface area contributed by atoms with Crippen molar-refractivity contribution in [2.45, 2.75) is 108 Å². The molecule has 2 atom stereocenters. The molecular weight excluding hydrogens is 689 g/mol. The molecule has 10 nitrogen and oxygen atoms in total. The van der Waals surface area contributed by atoms with E-state index in [0.29, 0.717) is 16.9 Å². The molecular formula is C42H50N4O6S. The molecule has 1 spiro atoms. The largest absolute Gasteiger partial charge is 0.508 e. The summed E-state index contributed by atoms with van der Waals surface area (Å²) in [5.74, 6) is -0.457. The quantitative estimate of drug-likeness (QED) is 0.129. The SMILES string of the molecule is O=C1C=Cc2c([C@@H](O)CCCc3ccc4c(c3)nnn4CCCN3CCC4(CC3)CC(OC(=O)C(O)(c3cccs3)C3CCCC3)C4)ccc(O)c2C1. The Labute approximate surface area is 314 Å². The highest BCUT2D eigenvalue weighted by atomic mass is 32.1. The van der Waals surface area contributed by atoms with Crippen molar-refractivity contribution in [3.05, 3.63) is 81.1 Å². The number of carbonyl (C=O) groups is 2. The van der Waals surface area contributed by atoms with E-state index in [4.69, 9.17) is 4.74 Å². The number of phenolic OH excluding ortho intramolecular Hbond substituents is 1. The molecule has 3 aliphatic carbocycles. The highest BCUT2D eigenvalue weighted by Gasteiger charge is 2.53. The Morgan fingerprint density at radius 2 is 1.87 bits per heavy atom. The first-order valence-corrected chi connectivity index (χ1v) is 20.3. The molecule has 53 heavy (non-hydrogen) atoms. The number of thiophene rings is 1. The standard InChI is InChI=1S/C42H50N4O6S/c47-30-12-13-32-33(14-16-38(49)34(32)25-30)37(48)9-3-6-28-11-15-36-35(24-28)43-44-46(36)20-5-19-45-21-17-41(18-22-45)26-31(27-41)52-40(50)42(51,29-7-1-2-8-29)39-10-4-23-53-39/h4,10-16,23-24,29,31,37,48-49,51H,1-3,5-9,17-22,25-27H2/t37-,42?/m0/s1. The van der Waals surface area contributed by atoms with Gasteiger partial charge in [-0.2, -0.15) is 0 Å². The maximum atomic E-state index is 13.4. The number of hydrogen-bond donors (Lipinski definition) is 3. The lowest BCUT2D eigenvalue weighted by molar-refractivity contribution is -0.192. The number of carbonyl (C=O) groups excluding carboxylic acids is 2. The number of aliphatic hydroxyl groups is 2. The summed E-state index contributed by atoms with van der Waals surface area (Å²) in [7, 11) is 0. The molecule has 0 amide bonds. The zero-order valence-electron chi connectivity index (χ0n) is 30.3. The van der Waals surface area contributed by atoms with Crippen molar-refractivity contribution < 1.29 is 29.6 Å². The van der Waals surface area contributed by atoms with Crippen LogP contribution in [0.15, 0.2) is 53.9 Å². The minimum Gasteiger partial charge on any atom is -0.508 e. The number of ether oxygens (including phenoxy) is 1. The molecule has 2 aromatic heterocycles. The summed E-state index contributed by atoms with van der Waals surface area (Å²) in [5, 5.41) is 43.7. The summed E-state index contributed by atoms with van der Waals surface area (Å²) < 4.78 is 8.01. The van der Waals surface area contributed by atoms with Gasteiger partial charge in [0.15, 0.2) is 11.4 Å². The number of esters is 1. The van der Waals surface area contributed by atoms with Gasteiger partial charge in [-0.15, -0.1) is 16.4 Å². The van der Waals surface area contributed by atoms with Gasteiger partial charge in [-0.3, -0.25) is 4.79 Å². The first kappa shape index (κ1) is 36.1. The van der Waals surface area contributed by atoms with Crippen molar-refractivity contribution in [2.24, 2.45) is 11.3 Å². The molecule has 2 aromatic carbocycles. The maximum Gasteiger partial charge on any atom is 0.344 e. The van der Waals surface area contributed by atoms with E-state index in [1.165, 1.54) is 17.4 Å². The highest BCUT2D eigenvalue weighted by molar-refractivity contribution is 7.10. The van der Waals surface area contributed by atoms with Crippen molar-refractivity contribution in [1.82, 2.24) is 19.9 Å².